The molecule has 0 aliphatic rings. The number of nitrogens with zero attached hydrogens (tertiary/aromatic N) is 1. The van der Waals surface area contributed by atoms with Crippen LogP contribution >= 0.6 is 0 Å². The summed E-state index contributed by atoms with van der Waals surface area (Å²) in [7, 11) is 0. The molecule has 1 aromatic heterocycles. The van der Waals surface area contributed by atoms with Crippen LogP contribution in [-0.4, -0.2) is 4.98 Å². The minimum atomic E-state index is 0.365. The van der Waals surface area contributed by atoms with E-state index in [0.717, 1.165) is 6.54 Å². The summed E-state index contributed by atoms with van der Waals surface area (Å²) in [4.78, 5) is 4.02. The molecule has 0 saturated carbocycles. The van der Waals surface area contributed by atoms with Crippen LogP contribution in [0.15, 0.2) is 48.8 Å². The molecule has 1 aromatic carbocycles. The number of hydrogen-bond acceptors (Lipinski definition) is 2. The van der Waals surface area contributed by atoms with Gasteiger partial charge in [0.25, 0.3) is 0 Å². The number of aryl methyl sites for hydroxylation is 1. The zero-order valence-corrected chi connectivity index (χ0v) is 10.4. The maximum Gasteiger partial charge on any atom is 0.0297 e. The van der Waals surface area contributed by atoms with Crippen molar-refractivity contribution in [1.29, 1.82) is 0 Å². The summed E-state index contributed by atoms with van der Waals surface area (Å²) in [6.45, 7) is 5.22. The highest BCUT2D eigenvalue weighted by Crippen LogP contribution is 2.16. The second-order valence-electron chi connectivity index (χ2n) is 4.31. The molecule has 88 valence electrons. The van der Waals surface area contributed by atoms with E-state index in [1.54, 1.807) is 0 Å². The van der Waals surface area contributed by atoms with Gasteiger partial charge in [0, 0.05) is 25.0 Å². The van der Waals surface area contributed by atoms with Gasteiger partial charge in [0.2, 0.25) is 0 Å². The van der Waals surface area contributed by atoms with Crippen molar-refractivity contribution in [3.63, 3.8) is 0 Å². The van der Waals surface area contributed by atoms with Crippen molar-refractivity contribution in [2.45, 2.75) is 26.4 Å². The summed E-state index contributed by atoms with van der Waals surface area (Å²) < 4.78 is 0. The molecule has 0 saturated heterocycles. The lowest BCUT2D eigenvalue weighted by Crippen LogP contribution is -2.18. The van der Waals surface area contributed by atoms with Gasteiger partial charge in [0.15, 0.2) is 0 Å². The van der Waals surface area contributed by atoms with Crippen LogP contribution in [-0.2, 0) is 6.54 Å². The van der Waals surface area contributed by atoms with Crippen LogP contribution in [0.4, 0.5) is 0 Å². The third-order valence-electron chi connectivity index (χ3n) is 3.02. The first-order valence-electron chi connectivity index (χ1n) is 5.95. The molecule has 2 nitrogen and oxygen atoms in total. The quantitative estimate of drug-likeness (QED) is 0.865. The summed E-state index contributed by atoms with van der Waals surface area (Å²) >= 11 is 0. The Bertz CT molecular complexity index is 465. The van der Waals surface area contributed by atoms with Crippen molar-refractivity contribution >= 4 is 0 Å². The lowest BCUT2D eigenvalue weighted by molar-refractivity contribution is 0.572. The Labute approximate surface area is 103 Å². The Morgan fingerprint density at radius 1 is 1.12 bits per heavy atom. The van der Waals surface area contributed by atoms with Gasteiger partial charge in [-0.3, -0.25) is 4.98 Å². The first-order valence-corrected chi connectivity index (χ1v) is 5.95. The van der Waals surface area contributed by atoms with E-state index >= 15 is 0 Å². The third-order valence-corrected chi connectivity index (χ3v) is 3.02. The van der Waals surface area contributed by atoms with E-state index in [1.165, 1.54) is 16.7 Å². The fourth-order valence-electron chi connectivity index (χ4n) is 1.95. The van der Waals surface area contributed by atoms with Gasteiger partial charge in [-0.05, 0) is 42.7 Å². The zero-order chi connectivity index (χ0) is 12.1. The number of benzene rings is 1. The average Bonchev–Trinajstić information content (AvgIpc) is 2.38. The molecule has 0 spiro atoms. The Balaban J connectivity index is 1.99. The van der Waals surface area contributed by atoms with Crippen molar-refractivity contribution < 1.29 is 0 Å². The molecule has 0 fully saturated rings. The predicted molar refractivity (Wildman–Crippen MR) is 70.7 cm³/mol. The van der Waals surface area contributed by atoms with E-state index in [4.69, 9.17) is 0 Å². The highest BCUT2D eigenvalue weighted by molar-refractivity contribution is 5.28. The summed E-state index contributed by atoms with van der Waals surface area (Å²) in [6.07, 6.45) is 3.66. The number of pyridine rings is 1. The third kappa shape index (κ3) is 3.14. The molecule has 0 aliphatic heterocycles. The molecule has 0 radical (unpaired) electrons. The van der Waals surface area contributed by atoms with Crippen LogP contribution < -0.4 is 5.32 Å². The number of aromatic nitrogens is 1. The molecule has 0 bridgehead atoms. The molecular weight excluding hydrogens is 208 g/mol. The van der Waals surface area contributed by atoms with Crippen molar-refractivity contribution in [1.82, 2.24) is 10.3 Å². The fraction of sp³-hybridized carbons (Fsp3) is 0.267. The molecule has 0 amide bonds. The van der Waals surface area contributed by atoms with Crippen molar-refractivity contribution in [2.24, 2.45) is 0 Å². The molecule has 2 aromatic rings. The number of nitrogens with one attached hydrogen (secondary N) is 1. The largest absolute Gasteiger partial charge is 0.306 e. The fourth-order valence-corrected chi connectivity index (χ4v) is 1.95. The summed E-state index contributed by atoms with van der Waals surface area (Å²) in [5, 5.41) is 3.53. The topological polar surface area (TPSA) is 24.9 Å². The summed E-state index contributed by atoms with van der Waals surface area (Å²) in [5.74, 6) is 0. The van der Waals surface area contributed by atoms with Gasteiger partial charge in [0.05, 0.1) is 0 Å². The van der Waals surface area contributed by atoms with Gasteiger partial charge in [0.1, 0.15) is 0 Å². The molecule has 1 atom stereocenters. The molecule has 1 N–H and O–H groups in total. The lowest BCUT2D eigenvalue weighted by atomic mass is 10.0. The van der Waals surface area contributed by atoms with Gasteiger partial charge in [-0.2, -0.15) is 0 Å². The smallest absolute Gasteiger partial charge is 0.0297 e. The normalized spacial score (nSPS) is 12.4. The molecule has 2 heteroatoms. The maximum absolute atomic E-state index is 4.02. The van der Waals surface area contributed by atoms with Gasteiger partial charge in [-0.15, -0.1) is 0 Å². The highest BCUT2D eigenvalue weighted by Gasteiger charge is 2.06. The molecule has 2 rings (SSSR count). The van der Waals surface area contributed by atoms with E-state index < -0.39 is 0 Å². The van der Waals surface area contributed by atoms with Crippen LogP contribution in [0, 0.1) is 6.92 Å². The lowest BCUT2D eigenvalue weighted by Gasteiger charge is -2.16. The molecule has 17 heavy (non-hydrogen) atoms. The predicted octanol–water partition coefficient (Wildman–Crippen LogP) is 3.24. The Morgan fingerprint density at radius 2 is 1.82 bits per heavy atom. The first-order chi connectivity index (χ1) is 8.27. The number of rotatable bonds is 4. The van der Waals surface area contributed by atoms with Crippen LogP contribution in [0.1, 0.15) is 29.7 Å². The van der Waals surface area contributed by atoms with E-state index in [1.807, 2.05) is 24.5 Å². The highest BCUT2D eigenvalue weighted by atomic mass is 14.9. The minimum absolute atomic E-state index is 0.365. The van der Waals surface area contributed by atoms with E-state index in [2.05, 4.69) is 48.4 Å². The summed E-state index contributed by atoms with van der Waals surface area (Å²) in [6, 6.07) is 12.9. The second kappa shape index (κ2) is 5.60. The van der Waals surface area contributed by atoms with Crippen molar-refractivity contribution in [3.8, 4) is 0 Å². The van der Waals surface area contributed by atoms with Crippen molar-refractivity contribution in [3.05, 3.63) is 65.5 Å². The molecular formula is C15H18N2. The van der Waals surface area contributed by atoms with E-state index in [9.17, 15) is 0 Å². The Hall–Kier alpha value is -1.67. The van der Waals surface area contributed by atoms with Crippen molar-refractivity contribution in [2.75, 3.05) is 0 Å². The van der Waals surface area contributed by atoms with Gasteiger partial charge >= 0.3 is 0 Å². The van der Waals surface area contributed by atoms with E-state index in [0.29, 0.717) is 6.04 Å². The van der Waals surface area contributed by atoms with Gasteiger partial charge < -0.3 is 5.32 Å². The van der Waals surface area contributed by atoms with Gasteiger partial charge in [-0.1, -0.05) is 24.3 Å². The van der Waals surface area contributed by atoms with Crippen LogP contribution in [0.5, 0.6) is 0 Å². The van der Waals surface area contributed by atoms with Crippen LogP contribution in [0.3, 0.4) is 0 Å². The first kappa shape index (κ1) is 11.8. The summed E-state index contributed by atoms with van der Waals surface area (Å²) in [5.41, 5.74) is 3.96. The molecule has 1 heterocycles. The molecule has 0 unspecified atom stereocenters. The monoisotopic (exact) mass is 226 g/mol. The average molecular weight is 226 g/mol. The number of hydrogen-bond donors (Lipinski definition) is 1. The van der Waals surface area contributed by atoms with Gasteiger partial charge in [-0.25, -0.2) is 0 Å². The zero-order valence-electron chi connectivity index (χ0n) is 10.4. The van der Waals surface area contributed by atoms with E-state index in [-0.39, 0.29) is 0 Å². The second-order valence-corrected chi connectivity index (χ2v) is 4.31. The van der Waals surface area contributed by atoms with Crippen LogP contribution in [0.2, 0.25) is 0 Å². The van der Waals surface area contributed by atoms with Crippen LogP contribution in [0.25, 0.3) is 0 Å². The Morgan fingerprint density at radius 3 is 2.53 bits per heavy atom. The standard InChI is InChI=1S/C15H18N2/c1-12-5-3-4-6-15(12)13(2)17-11-14-7-9-16-10-8-14/h3-10,13,17H,11H2,1-2H3/t13-/m0/s1. The minimum Gasteiger partial charge on any atom is -0.306 e. The SMILES string of the molecule is Cc1ccccc1[C@H](C)NCc1ccncc1. The molecule has 0 aliphatic carbocycles. The maximum atomic E-state index is 4.02. The Kier molecular flexibility index (Phi) is 3.89.